The number of imide groups is 1. The molecule has 4 aliphatic rings. The van der Waals surface area contributed by atoms with E-state index in [0.29, 0.717) is 60.5 Å². The molecular formula is C44H49ClFN11O4S. The third-order valence-electron chi connectivity index (χ3n) is 12.6. The van der Waals surface area contributed by atoms with Gasteiger partial charge in [0.2, 0.25) is 11.8 Å². The van der Waals surface area contributed by atoms with E-state index in [-0.39, 0.29) is 34.0 Å². The van der Waals surface area contributed by atoms with E-state index in [1.54, 1.807) is 41.6 Å². The quantitative estimate of drug-likeness (QED) is 0.153. The Morgan fingerprint density at radius 1 is 0.871 bits per heavy atom. The minimum atomic E-state index is -3.97. The van der Waals surface area contributed by atoms with Crippen LogP contribution in [0.1, 0.15) is 56.9 Å². The summed E-state index contributed by atoms with van der Waals surface area (Å²) in [6, 6.07) is 14.6. The summed E-state index contributed by atoms with van der Waals surface area (Å²) >= 11 is 6.51. The Morgan fingerprint density at radius 2 is 1.63 bits per heavy atom. The molecule has 4 saturated heterocycles. The topological polar surface area (TPSA) is 162 Å². The number of carbonyl (C=O) groups is 2. The van der Waals surface area contributed by atoms with Crippen molar-refractivity contribution in [2.45, 2.75) is 57.4 Å². The number of benzene rings is 1. The van der Waals surface area contributed by atoms with Gasteiger partial charge < -0.3 is 9.80 Å². The van der Waals surface area contributed by atoms with Gasteiger partial charge in [-0.2, -0.15) is 17.8 Å². The normalized spacial score (nSPS) is 20.8. The fourth-order valence-electron chi connectivity index (χ4n) is 9.08. The number of carbonyl (C=O) groups excluding carboxylic acids is 2. The van der Waals surface area contributed by atoms with Gasteiger partial charge in [0, 0.05) is 111 Å². The van der Waals surface area contributed by atoms with Crippen LogP contribution in [0.4, 0.5) is 21.6 Å². The Morgan fingerprint density at radius 3 is 2.32 bits per heavy atom. The molecule has 4 aliphatic heterocycles. The first-order valence-corrected chi connectivity index (χ1v) is 23.1. The van der Waals surface area contributed by atoms with Crippen LogP contribution in [0.5, 0.6) is 0 Å². The summed E-state index contributed by atoms with van der Waals surface area (Å²) in [4.78, 5) is 44.8. The summed E-state index contributed by atoms with van der Waals surface area (Å²) in [5.41, 5.74) is 3.28. The molecule has 62 heavy (non-hydrogen) atoms. The molecule has 2 amide bonds. The van der Waals surface area contributed by atoms with Gasteiger partial charge in [0.15, 0.2) is 11.6 Å². The standard InChI is InChI=1S/C44H49ClFN11O4S/c1-29-26-55(21-20-54(29)27-30-12-18-53(19-13-30)39-7-4-32(24-48-39)35-6-9-41(58)50-44(35)59)34-5-8-40(49-25-34)57-28-37(43(51-57)31-10-14-47-15-11-31)36-22-33(45)23-38(42(36)46)52-62(60,61)56-16-2-3-17-56/h4-5,7-8,10-11,14-15,22-25,28-30,35,52H,2-3,6,9,12-13,16-21,26-27H2,1H3,(H,50,58,59)/t29-,35?/m1/s1. The maximum atomic E-state index is 16.4. The largest absolute Gasteiger partial charge is 0.367 e. The summed E-state index contributed by atoms with van der Waals surface area (Å²) in [6.45, 7) is 8.59. The third-order valence-corrected chi connectivity index (χ3v) is 14.3. The number of halogens is 2. The number of rotatable bonds is 11. The zero-order chi connectivity index (χ0) is 43.0. The highest BCUT2D eigenvalue weighted by Crippen LogP contribution is 2.38. The van der Waals surface area contributed by atoms with Crippen LogP contribution in [0.15, 0.2) is 79.5 Å². The number of piperidine rings is 2. The number of nitrogens with one attached hydrogen (secondary N) is 2. The number of pyridine rings is 3. The lowest BCUT2D eigenvalue weighted by Crippen LogP contribution is -2.53. The minimum absolute atomic E-state index is 0.0963. The Hall–Kier alpha value is -5.49. The molecule has 1 unspecified atom stereocenters. The lowest BCUT2D eigenvalue weighted by molar-refractivity contribution is -0.134. The molecule has 0 aliphatic carbocycles. The Kier molecular flexibility index (Phi) is 12.0. The molecule has 4 fully saturated rings. The molecular weight excluding hydrogens is 833 g/mol. The summed E-state index contributed by atoms with van der Waals surface area (Å²) in [5, 5.41) is 7.45. The number of hydrogen-bond donors (Lipinski definition) is 2. The predicted molar refractivity (Wildman–Crippen MR) is 236 cm³/mol. The molecule has 0 bridgehead atoms. The fraction of sp³-hybridized carbons (Fsp3) is 0.409. The van der Waals surface area contributed by atoms with Crippen LogP contribution in [0.25, 0.3) is 28.2 Å². The van der Waals surface area contributed by atoms with E-state index in [0.717, 1.165) is 82.0 Å². The van der Waals surface area contributed by atoms with Crippen molar-refractivity contribution in [1.29, 1.82) is 0 Å². The first-order chi connectivity index (χ1) is 30.0. The molecule has 8 heterocycles. The van der Waals surface area contributed by atoms with E-state index in [1.165, 1.54) is 16.4 Å². The zero-order valence-corrected chi connectivity index (χ0v) is 36.0. The Labute approximate surface area is 365 Å². The first kappa shape index (κ1) is 41.8. The average molecular weight is 882 g/mol. The molecule has 18 heteroatoms. The highest BCUT2D eigenvalue weighted by Gasteiger charge is 2.32. The van der Waals surface area contributed by atoms with Crippen LogP contribution in [-0.2, 0) is 19.8 Å². The number of piperazine rings is 1. The van der Waals surface area contributed by atoms with Gasteiger partial charge in [-0.1, -0.05) is 17.7 Å². The molecule has 15 nitrogen and oxygen atoms in total. The number of hydrogen-bond acceptors (Lipinski definition) is 11. The molecule has 0 saturated carbocycles. The van der Waals surface area contributed by atoms with Gasteiger partial charge in [-0.3, -0.25) is 29.5 Å². The summed E-state index contributed by atoms with van der Waals surface area (Å²) in [6.07, 6.45) is 13.1. The van der Waals surface area contributed by atoms with Crippen LogP contribution in [0.3, 0.4) is 0 Å². The zero-order valence-electron chi connectivity index (χ0n) is 34.5. The van der Waals surface area contributed by atoms with E-state index in [1.807, 2.05) is 30.5 Å². The van der Waals surface area contributed by atoms with E-state index >= 15 is 4.39 Å². The maximum absolute atomic E-state index is 16.4. The predicted octanol–water partition coefficient (Wildman–Crippen LogP) is 5.88. The van der Waals surface area contributed by atoms with Gasteiger partial charge in [-0.25, -0.2) is 19.0 Å². The molecule has 0 spiro atoms. The van der Waals surface area contributed by atoms with E-state index in [9.17, 15) is 18.0 Å². The maximum Gasteiger partial charge on any atom is 0.301 e. The minimum Gasteiger partial charge on any atom is -0.367 e. The first-order valence-electron chi connectivity index (χ1n) is 21.3. The number of nitrogens with zero attached hydrogens (tertiary/aromatic N) is 9. The highest BCUT2D eigenvalue weighted by molar-refractivity contribution is 7.90. The van der Waals surface area contributed by atoms with Crippen molar-refractivity contribution in [3.8, 4) is 28.2 Å². The van der Waals surface area contributed by atoms with Gasteiger partial charge in [-0.15, -0.1) is 0 Å². The second kappa shape index (κ2) is 17.7. The summed E-state index contributed by atoms with van der Waals surface area (Å²) in [7, 11) is -3.97. The lowest BCUT2D eigenvalue weighted by atomic mass is 9.91. The van der Waals surface area contributed by atoms with Crippen molar-refractivity contribution in [3.05, 3.63) is 95.9 Å². The Balaban J connectivity index is 0.838. The van der Waals surface area contributed by atoms with Crippen molar-refractivity contribution >= 4 is 50.8 Å². The monoisotopic (exact) mass is 881 g/mol. The molecule has 2 atom stereocenters. The van der Waals surface area contributed by atoms with Crippen molar-refractivity contribution in [2.24, 2.45) is 5.92 Å². The van der Waals surface area contributed by atoms with Crippen LogP contribution < -0.4 is 19.8 Å². The highest BCUT2D eigenvalue weighted by atomic mass is 35.5. The Bertz CT molecular complexity index is 2530. The van der Waals surface area contributed by atoms with Gasteiger partial charge in [0.25, 0.3) is 0 Å². The number of amides is 2. The smallest absolute Gasteiger partial charge is 0.301 e. The van der Waals surface area contributed by atoms with Crippen LogP contribution in [-0.4, -0.2) is 113 Å². The van der Waals surface area contributed by atoms with Gasteiger partial charge >= 0.3 is 10.2 Å². The lowest BCUT2D eigenvalue weighted by Gasteiger charge is -2.43. The van der Waals surface area contributed by atoms with Gasteiger partial charge in [0.05, 0.1) is 23.5 Å². The SMILES string of the molecule is C[C@@H]1CN(c2ccc(-n3cc(-c4cc(Cl)cc(NS(=O)(=O)N5CCCC5)c4F)c(-c4ccncc4)n3)nc2)CCN1CC1CCN(c2ccc(C3CCC(=O)NC3=O)cn2)CC1. The van der Waals surface area contributed by atoms with Gasteiger partial charge in [0.1, 0.15) is 11.5 Å². The molecule has 9 rings (SSSR count). The molecule has 0 radical (unpaired) electrons. The van der Waals surface area contributed by atoms with Crippen molar-refractivity contribution in [2.75, 3.05) is 66.9 Å². The van der Waals surface area contributed by atoms with Crippen LogP contribution >= 0.6 is 11.6 Å². The van der Waals surface area contributed by atoms with Crippen molar-refractivity contribution < 1.29 is 22.4 Å². The molecule has 2 N–H and O–H groups in total. The molecule has 5 aromatic rings. The fourth-order valence-corrected chi connectivity index (χ4v) is 10.6. The molecule has 4 aromatic heterocycles. The van der Waals surface area contributed by atoms with Crippen molar-refractivity contribution in [3.63, 3.8) is 0 Å². The second-order valence-electron chi connectivity index (χ2n) is 16.6. The summed E-state index contributed by atoms with van der Waals surface area (Å²) in [5.74, 6) is 0.500. The average Bonchev–Trinajstić information content (AvgIpc) is 3.99. The van der Waals surface area contributed by atoms with E-state index in [2.05, 4.69) is 36.6 Å². The third kappa shape index (κ3) is 8.89. The van der Waals surface area contributed by atoms with Crippen LogP contribution in [0.2, 0.25) is 5.02 Å². The van der Waals surface area contributed by atoms with E-state index < -0.39 is 16.0 Å². The second-order valence-corrected chi connectivity index (χ2v) is 18.8. The number of anilines is 3. The van der Waals surface area contributed by atoms with E-state index in [4.69, 9.17) is 26.7 Å². The summed E-state index contributed by atoms with van der Waals surface area (Å²) < 4.78 is 47.9. The number of aromatic nitrogens is 5. The molecule has 324 valence electrons. The van der Waals surface area contributed by atoms with Gasteiger partial charge in [-0.05, 0) is 93.0 Å². The molecule has 1 aromatic carbocycles. The van der Waals surface area contributed by atoms with Crippen LogP contribution in [0, 0.1) is 11.7 Å². The van der Waals surface area contributed by atoms with Crippen molar-refractivity contribution in [1.82, 2.24) is 39.3 Å².